The second-order valence-electron chi connectivity index (χ2n) is 9.89. The highest BCUT2D eigenvalue weighted by atomic mass is 35.5. The molecule has 2 amide bonds. The SMILES string of the molecule is O=C(CNC(=O)C(c1ccccc1)c1ccccc1)NC1C[C@H]2CC[C@H](C1)N2Cc1ccc(Cl)cc1. The first-order valence-corrected chi connectivity index (χ1v) is 13.1. The summed E-state index contributed by atoms with van der Waals surface area (Å²) in [5.74, 6) is -0.744. The third-order valence-corrected chi connectivity index (χ3v) is 7.73. The van der Waals surface area contributed by atoms with Crippen LogP contribution in [-0.4, -0.2) is 41.4 Å². The lowest BCUT2D eigenvalue weighted by molar-refractivity contribution is -0.127. The van der Waals surface area contributed by atoms with E-state index in [0.717, 1.165) is 48.4 Å². The summed E-state index contributed by atoms with van der Waals surface area (Å²) in [7, 11) is 0. The maximum absolute atomic E-state index is 13.2. The molecule has 2 fully saturated rings. The average Bonchev–Trinajstić information content (AvgIpc) is 3.12. The molecule has 0 aromatic heterocycles. The molecule has 2 atom stereocenters. The summed E-state index contributed by atoms with van der Waals surface area (Å²) >= 11 is 6.04. The van der Waals surface area contributed by atoms with Crippen LogP contribution in [0.15, 0.2) is 84.9 Å². The average molecular weight is 502 g/mol. The van der Waals surface area contributed by atoms with Crippen molar-refractivity contribution in [3.8, 4) is 0 Å². The van der Waals surface area contributed by atoms with Crippen LogP contribution < -0.4 is 10.6 Å². The van der Waals surface area contributed by atoms with E-state index in [1.54, 1.807) is 0 Å². The summed E-state index contributed by atoms with van der Waals surface area (Å²) in [5, 5.41) is 6.83. The fraction of sp³-hybridized carbons (Fsp3) is 0.333. The first kappa shape index (κ1) is 24.5. The third kappa shape index (κ3) is 5.80. The molecule has 2 bridgehead atoms. The first-order valence-electron chi connectivity index (χ1n) is 12.7. The van der Waals surface area contributed by atoms with E-state index < -0.39 is 5.92 Å². The molecule has 0 saturated carbocycles. The molecular formula is C30H32ClN3O2. The summed E-state index contributed by atoms with van der Waals surface area (Å²) in [6.45, 7) is 0.902. The highest BCUT2D eigenvalue weighted by Gasteiger charge is 2.40. The number of amides is 2. The predicted molar refractivity (Wildman–Crippen MR) is 143 cm³/mol. The zero-order valence-corrected chi connectivity index (χ0v) is 21.0. The topological polar surface area (TPSA) is 61.4 Å². The monoisotopic (exact) mass is 501 g/mol. The fourth-order valence-electron chi connectivity index (χ4n) is 5.79. The van der Waals surface area contributed by atoms with Crippen molar-refractivity contribution in [2.24, 2.45) is 0 Å². The third-order valence-electron chi connectivity index (χ3n) is 7.48. The van der Waals surface area contributed by atoms with Crippen molar-refractivity contribution in [1.29, 1.82) is 0 Å². The zero-order valence-electron chi connectivity index (χ0n) is 20.3. The van der Waals surface area contributed by atoms with Gasteiger partial charge in [-0.25, -0.2) is 0 Å². The van der Waals surface area contributed by atoms with Crippen LogP contribution in [0.25, 0.3) is 0 Å². The van der Waals surface area contributed by atoms with Crippen molar-refractivity contribution in [3.05, 3.63) is 107 Å². The summed E-state index contributed by atoms with van der Waals surface area (Å²) in [5.41, 5.74) is 3.09. The van der Waals surface area contributed by atoms with Crippen LogP contribution in [0.5, 0.6) is 0 Å². The second kappa shape index (κ2) is 11.3. The van der Waals surface area contributed by atoms with Crippen LogP contribution in [0.2, 0.25) is 5.02 Å². The lowest BCUT2D eigenvalue weighted by Crippen LogP contribution is -2.51. The number of nitrogens with one attached hydrogen (secondary N) is 2. The van der Waals surface area contributed by atoms with Gasteiger partial charge in [0.1, 0.15) is 0 Å². The molecular weight excluding hydrogens is 470 g/mol. The number of piperidine rings is 1. The quantitative estimate of drug-likeness (QED) is 0.461. The highest BCUT2D eigenvalue weighted by Crippen LogP contribution is 2.37. The van der Waals surface area contributed by atoms with Crippen LogP contribution in [0.1, 0.15) is 48.3 Å². The predicted octanol–water partition coefficient (Wildman–Crippen LogP) is 4.90. The van der Waals surface area contributed by atoms with Crippen LogP contribution in [0, 0.1) is 0 Å². The number of carbonyl (C=O) groups is 2. The Morgan fingerprint density at radius 2 is 1.39 bits per heavy atom. The second-order valence-corrected chi connectivity index (χ2v) is 10.3. The van der Waals surface area contributed by atoms with Gasteiger partial charge in [0.2, 0.25) is 11.8 Å². The standard InChI is InChI=1S/C30H32ClN3O2/c31-24-13-11-21(12-14-24)20-34-26-15-16-27(34)18-25(17-26)33-28(35)19-32-30(36)29(22-7-3-1-4-8-22)23-9-5-2-6-10-23/h1-14,25-27,29H,15-20H2,(H,32,36)(H,33,35)/t26-,27-/m1/s1. The minimum absolute atomic E-state index is 0.0185. The van der Waals surface area contributed by atoms with Gasteiger partial charge in [0, 0.05) is 29.7 Å². The molecule has 0 radical (unpaired) electrons. The van der Waals surface area contributed by atoms with Gasteiger partial charge >= 0.3 is 0 Å². The number of hydrogen-bond donors (Lipinski definition) is 2. The molecule has 5 nitrogen and oxygen atoms in total. The minimum atomic E-state index is -0.452. The van der Waals surface area contributed by atoms with Crippen LogP contribution in [0.3, 0.4) is 0 Å². The number of halogens is 1. The van der Waals surface area contributed by atoms with E-state index >= 15 is 0 Å². The summed E-state index contributed by atoms with van der Waals surface area (Å²) in [6, 6.07) is 28.6. The van der Waals surface area contributed by atoms with Gasteiger partial charge < -0.3 is 10.6 Å². The normalized spacial score (nSPS) is 21.3. The molecule has 6 heteroatoms. The van der Waals surface area contributed by atoms with Gasteiger partial charge in [0.25, 0.3) is 0 Å². The molecule has 0 aliphatic carbocycles. The van der Waals surface area contributed by atoms with Crippen molar-refractivity contribution in [3.63, 3.8) is 0 Å². The van der Waals surface area contributed by atoms with E-state index in [4.69, 9.17) is 11.6 Å². The lowest BCUT2D eigenvalue weighted by atomic mass is 9.90. The number of benzene rings is 3. The van der Waals surface area contributed by atoms with Crippen molar-refractivity contribution >= 4 is 23.4 Å². The Morgan fingerprint density at radius 1 is 0.833 bits per heavy atom. The number of rotatable bonds is 8. The lowest BCUT2D eigenvalue weighted by Gasteiger charge is -2.39. The molecule has 3 aromatic rings. The van der Waals surface area contributed by atoms with Crippen LogP contribution in [-0.2, 0) is 16.1 Å². The van der Waals surface area contributed by atoms with Crippen LogP contribution >= 0.6 is 11.6 Å². The van der Waals surface area contributed by atoms with Gasteiger partial charge in [-0.15, -0.1) is 0 Å². The number of hydrogen-bond acceptors (Lipinski definition) is 3. The zero-order chi connectivity index (χ0) is 24.9. The first-order chi connectivity index (χ1) is 17.6. The Kier molecular flexibility index (Phi) is 7.69. The minimum Gasteiger partial charge on any atom is -0.352 e. The summed E-state index contributed by atoms with van der Waals surface area (Å²) < 4.78 is 0. The van der Waals surface area contributed by atoms with Crippen molar-refractivity contribution in [2.45, 2.75) is 56.3 Å². The van der Waals surface area contributed by atoms with Crippen molar-refractivity contribution in [1.82, 2.24) is 15.5 Å². The van der Waals surface area contributed by atoms with E-state index in [9.17, 15) is 9.59 Å². The number of nitrogens with zero attached hydrogens (tertiary/aromatic N) is 1. The molecule has 186 valence electrons. The van der Waals surface area contributed by atoms with Gasteiger partial charge in [-0.2, -0.15) is 0 Å². The Balaban J connectivity index is 1.15. The molecule has 2 saturated heterocycles. The fourth-order valence-corrected chi connectivity index (χ4v) is 5.91. The van der Waals surface area contributed by atoms with E-state index in [1.807, 2.05) is 72.8 Å². The molecule has 0 unspecified atom stereocenters. The van der Waals surface area contributed by atoms with Gasteiger partial charge in [0.15, 0.2) is 0 Å². The Labute approximate surface area is 217 Å². The van der Waals surface area contributed by atoms with Gasteiger partial charge in [-0.05, 0) is 54.5 Å². The van der Waals surface area contributed by atoms with E-state index in [-0.39, 0.29) is 24.4 Å². The molecule has 36 heavy (non-hydrogen) atoms. The number of carbonyl (C=O) groups excluding carboxylic acids is 2. The molecule has 2 N–H and O–H groups in total. The molecule has 2 aliphatic heterocycles. The van der Waals surface area contributed by atoms with E-state index in [1.165, 1.54) is 5.56 Å². The Bertz CT molecular complexity index is 1120. The number of fused-ring (bicyclic) bond motifs is 2. The van der Waals surface area contributed by atoms with Gasteiger partial charge in [-0.3, -0.25) is 14.5 Å². The maximum atomic E-state index is 13.2. The largest absolute Gasteiger partial charge is 0.352 e. The maximum Gasteiger partial charge on any atom is 0.239 e. The van der Waals surface area contributed by atoms with E-state index in [0.29, 0.717) is 12.1 Å². The Morgan fingerprint density at radius 3 is 1.94 bits per heavy atom. The van der Waals surface area contributed by atoms with Crippen molar-refractivity contribution in [2.75, 3.05) is 6.54 Å². The van der Waals surface area contributed by atoms with Crippen molar-refractivity contribution < 1.29 is 9.59 Å². The summed E-state index contributed by atoms with van der Waals surface area (Å²) in [4.78, 5) is 28.6. The summed E-state index contributed by atoms with van der Waals surface area (Å²) in [6.07, 6.45) is 4.22. The smallest absolute Gasteiger partial charge is 0.239 e. The van der Waals surface area contributed by atoms with Gasteiger partial charge in [0.05, 0.1) is 12.5 Å². The van der Waals surface area contributed by atoms with Crippen LogP contribution in [0.4, 0.5) is 0 Å². The van der Waals surface area contributed by atoms with E-state index in [2.05, 4.69) is 27.7 Å². The molecule has 5 rings (SSSR count). The molecule has 2 heterocycles. The molecule has 0 spiro atoms. The van der Waals surface area contributed by atoms with Gasteiger partial charge in [-0.1, -0.05) is 84.4 Å². The molecule has 3 aromatic carbocycles. The molecule has 2 aliphatic rings. The highest BCUT2D eigenvalue weighted by molar-refractivity contribution is 6.30. The Hall–Kier alpha value is -3.15.